The van der Waals surface area contributed by atoms with E-state index in [2.05, 4.69) is 78.5 Å². The quantitative estimate of drug-likeness (QED) is 0.531. The van der Waals surface area contributed by atoms with Crippen molar-refractivity contribution in [2.24, 2.45) is 0 Å². The molecule has 0 aliphatic heterocycles. The fourth-order valence-electron chi connectivity index (χ4n) is 2.04. The van der Waals surface area contributed by atoms with E-state index in [0.717, 1.165) is 21.5 Å². The molecule has 4 heteroatoms. The highest BCUT2D eigenvalue weighted by Crippen LogP contribution is 2.25. The number of halogens is 2. The molecular formula is C16H18ClIN2. The number of rotatable bonds is 3. The molecule has 1 aromatic heterocycles. The fraction of sp³-hybridized carbons (Fsp3) is 0.375. The maximum atomic E-state index is 6.23. The molecule has 0 N–H and O–H groups in total. The number of benzene rings is 1. The lowest BCUT2D eigenvalue weighted by Crippen LogP contribution is -2.06. The van der Waals surface area contributed by atoms with Crippen molar-refractivity contribution < 1.29 is 0 Å². The van der Waals surface area contributed by atoms with Crippen LogP contribution in [0.3, 0.4) is 0 Å². The molecule has 1 heterocycles. The van der Waals surface area contributed by atoms with Crippen molar-refractivity contribution in [2.45, 2.75) is 40.0 Å². The van der Waals surface area contributed by atoms with Gasteiger partial charge in [0.15, 0.2) is 0 Å². The van der Waals surface area contributed by atoms with E-state index in [-0.39, 0.29) is 0 Å². The van der Waals surface area contributed by atoms with E-state index in [1.54, 1.807) is 0 Å². The van der Waals surface area contributed by atoms with Crippen LogP contribution in [0.1, 0.15) is 48.0 Å². The lowest BCUT2D eigenvalue weighted by atomic mass is 10.0. The second-order valence-electron chi connectivity index (χ2n) is 5.38. The lowest BCUT2D eigenvalue weighted by molar-refractivity contribution is 0.783. The number of hydrogen-bond acceptors (Lipinski definition) is 2. The third-order valence-corrected chi connectivity index (χ3v) is 5.02. The summed E-state index contributed by atoms with van der Waals surface area (Å²) in [7, 11) is 0. The van der Waals surface area contributed by atoms with Crippen LogP contribution < -0.4 is 0 Å². The molecule has 0 saturated carbocycles. The summed E-state index contributed by atoms with van der Waals surface area (Å²) >= 11 is 8.45. The van der Waals surface area contributed by atoms with Crippen LogP contribution in [-0.2, 0) is 6.42 Å². The molecule has 0 unspecified atom stereocenters. The minimum Gasteiger partial charge on any atom is -0.236 e. The van der Waals surface area contributed by atoms with Gasteiger partial charge in [0.25, 0.3) is 0 Å². The van der Waals surface area contributed by atoms with Crippen molar-refractivity contribution in [1.82, 2.24) is 9.97 Å². The molecule has 0 spiro atoms. The number of aryl methyl sites for hydroxylation is 2. The van der Waals surface area contributed by atoms with Gasteiger partial charge in [0.2, 0.25) is 0 Å². The van der Waals surface area contributed by atoms with E-state index in [1.807, 2.05) is 0 Å². The monoisotopic (exact) mass is 400 g/mol. The zero-order valence-corrected chi connectivity index (χ0v) is 15.1. The first-order valence-electron chi connectivity index (χ1n) is 6.66. The molecule has 2 nitrogen and oxygen atoms in total. The van der Waals surface area contributed by atoms with Gasteiger partial charge < -0.3 is 0 Å². The van der Waals surface area contributed by atoms with Gasteiger partial charge in [-0.3, -0.25) is 0 Å². The van der Waals surface area contributed by atoms with E-state index in [1.165, 1.54) is 16.7 Å². The average Bonchev–Trinajstić information content (AvgIpc) is 2.37. The van der Waals surface area contributed by atoms with Gasteiger partial charge in [0, 0.05) is 6.42 Å². The first-order valence-corrected chi connectivity index (χ1v) is 8.12. The summed E-state index contributed by atoms with van der Waals surface area (Å²) in [5, 5.41) is 0.558. The number of aromatic nitrogens is 2. The molecule has 1 aromatic carbocycles. The molecular weight excluding hydrogens is 383 g/mol. The van der Waals surface area contributed by atoms with E-state index in [4.69, 9.17) is 11.6 Å². The molecule has 0 saturated heterocycles. The normalized spacial score (nSPS) is 11.2. The van der Waals surface area contributed by atoms with Crippen LogP contribution in [0.15, 0.2) is 18.2 Å². The maximum absolute atomic E-state index is 6.23. The standard InChI is InChI=1S/C16H18ClIN2/c1-9(2)15-14(18)16(17)20-13(19-15)8-12-6-5-10(3)11(4)7-12/h5-7,9H,8H2,1-4H3. The van der Waals surface area contributed by atoms with Crippen molar-refractivity contribution in [3.8, 4) is 0 Å². The van der Waals surface area contributed by atoms with Gasteiger partial charge in [-0.1, -0.05) is 43.6 Å². The highest BCUT2D eigenvalue weighted by Gasteiger charge is 2.14. The molecule has 0 fully saturated rings. The third-order valence-electron chi connectivity index (χ3n) is 3.36. The second-order valence-corrected chi connectivity index (χ2v) is 6.82. The SMILES string of the molecule is Cc1ccc(Cc2nc(Cl)c(I)c(C(C)C)n2)cc1C. The Balaban J connectivity index is 2.36. The van der Waals surface area contributed by atoms with E-state index in [9.17, 15) is 0 Å². The van der Waals surface area contributed by atoms with Crippen molar-refractivity contribution in [2.75, 3.05) is 0 Å². The predicted octanol–water partition coefficient (Wildman–Crippen LogP) is 5.07. The van der Waals surface area contributed by atoms with Gasteiger partial charge in [0.1, 0.15) is 11.0 Å². The van der Waals surface area contributed by atoms with Crippen LogP contribution in [0.5, 0.6) is 0 Å². The minimum absolute atomic E-state index is 0.348. The summed E-state index contributed by atoms with van der Waals surface area (Å²) < 4.78 is 0.961. The molecule has 2 rings (SSSR count). The summed E-state index contributed by atoms with van der Waals surface area (Å²) in [6, 6.07) is 6.47. The predicted molar refractivity (Wildman–Crippen MR) is 92.6 cm³/mol. The Morgan fingerprint density at radius 1 is 1.15 bits per heavy atom. The smallest absolute Gasteiger partial charge is 0.146 e. The first-order chi connectivity index (χ1) is 9.38. The van der Waals surface area contributed by atoms with Crippen LogP contribution >= 0.6 is 34.2 Å². The summed E-state index contributed by atoms with van der Waals surface area (Å²) in [6.07, 6.45) is 0.720. The number of hydrogen-bond donors (Lipinski definition) is 0. The van der Waals surface area contributed by atoms with Gasteiger partial charge in [-0.15, -0.1) is 0 Å². The van der Waals surface area contributed by atoms with Gasteiger partial charge >= 0.3 is 0 Å². The minimum atomic E-state index is 0.348. The Morgan fingerprint density at radius 3 is 2.45 bits per heavy atom. The first kappa shape index (κ1) is 15.7. The van der Waals surface area contributed by atoms with E-state index < -0.39 is 0 Å². The summed E-state index contributed by atoms with van der Waals surface area (Å²) in [6.45, 7) is 8.50. The summed E-state index contributed by atoms with van der Waals surface area (Å²) in [4.78, 5) is 9.09. The van der Waals surface area contributed by atoms with Crippen molar-refractivity contribution >= 4 is 34.2 Å². The Bertz CT molecular complexity index is 639. The van der Waals surface area contributed by atoms with Crippen molar-refractivity contribution in [1.29, 1.82) is 0 Å². The molecule has 0 aliphatic carbocycles. The van der Waals surface area contributed by atoms with Crippen molar-refractivity contribution in [3.05, 3.63) is 55.1 Å². The topological polar surface area (TPSA) is 25.8 Å². The molecule has 0 radical (unpaired) electrons. The van der Waals surface area contributed by atoms with Gasteiger partial charge in [-0.05, 0) is 59.0 Å². The Morgan fingerprint density at radius 2 is 1.85 bits per heavy atom. The van der Waals surface area contributed by atoms with Crippen LogP contribution in [-0.4, -0.2) is 9.97 Å². The molecule has 20 heavy (non-hydrogen) atoms. The maximum Gasteiger partial charge on any atom is 0.146 e. The van der Waals surface area contributed by atoms with Gasteiger partial charge in [0.05, 0.1) is 9.26 Å². The molecule has 2 aromatic rings. The molecule has 0 aliphatic rings. The second kappa shape index (κ2) is 6.39. The van der Waals surface area contributed by atoms with Crippen LogP contribution in [0.2, 0.25) is 5.15 Å². The lowest BCUT2D eigenvalue weighted by Gasteiger charge is -2.11. The fourth-order valence-corrected chi connectivity index (χ4v) is 3.10. The van der Waals surface area contributed by atoms with Crippen LogP contribution in [0.4, 0.5) is 0 Å². The molecule has 0 amide bonds. The number of nitrogens with zero attached hydrogens (tertiary/aromatic N) is 2. The van der Waals surface area contributed by atoms with E-state index >= 15 is 0 Å². The average molecular weight is 401 g/mol. The van der Waals surface area contributed by atoms with Crippen LogP contribution in [0.25, 0.3) is 0 Å². The Hall–Kier alpha value is -0.680. The van der Waals surface area contributed by atoms with E-state index in [0.29, 0.717) is 11.1 Å². The molecule has 106 valence electrons. The highest BCUT2D eigenvalue weighted by atomic mass is 127. The van der Waals surface area contributed by atoms with Crippen LogP contribution in [0, 0.1) is 17.4 Å². The Labute approximate surface area is 139 Å². The zero-order valence-electron chi connectivity index (χ0n) is 12.2. The zero-order chi connectivity index (χ0) is 14.9. The van der Waals surface area contributed by atoms with Crippen molar-refractivity contribution in [3.63, 3.8) is 0 Å². The highest BCUT2D eigenvalue weighted by molar-refractivity contribution is 14.1. The van der Waals surface area contributed by atoms with Gasteiger partial charge in [-0.2, -0.15) is 0 Å². The third kappa shape index (κ3) is 3.50. The van der Waals surface area contributed by atoms with Gasteiger partial charge in [-0.25, -0.2) is 9.97 Å². The summed E-state index contributed by atoms with van der Waals surface area (Å²) in [5.74, 6) is 1.14. The largest absolute Gasteiger partial charge is 0.236 e. The molecule has 0 bridgehead atoms. The Kier molecular flexibility index (Phi) is 5.02. The summed E-state index contributed by atoms with van der Waals surface area (Å²) in [5.41, 5.74) is 4.85. The molecule has 0 atom stereocenters.